The second kappa shape index (κ2) is 5.42. The molecule has 0 atom stereocenters. The lowest BCUT2D eigenvalue weighted by Gasteiger charge is -2.09. The van der Waals surface area contributed by atoms with Gasteiger partial charge in [-0.15, -0.1) is 0 Å². The SMILES string of the molecule is CSCCNc1ccccc1S(C)(=O)=O. The first kappa shape index (κ1) is 12.4. The normalized spacial score (nSPS) is 11.3. The molecular formula is C10H15NO2S2. The Morgan fingerprint density at radius 3 is 2.60 bits per heavy atom. The molecule has 0 aliphatic heterocycles. The summed E-state index contributed by atoms with van der Waals surface area (Å²) in [5, 5.41) is 3.12. The molecule has 1 aromatic rings. The monoisotopic (exact) mass is 245 g/mol. The van der Waals surface area contributed by atoms with Crippen LogP contribution in [0, 0.1) is 0 Å². The molecule has 0 radical (unpaired) electrons. The van der Waals surface area contributed by atoms with Gasteiger partial charge in [0, 0.05) is 18.6 Å². The Hall–Kier alpha value is -0.680. The number of thioether (sulfide) groups is 1. The van der Waals surface area contributed by atoms with E-state index in [1.165, 1.54) is 6.26 Å². The number of rotatable bonds is 5. The zero-order valence-corrected chi connectivity index (χ0v) is 10.5. The highest BCUT2D eigenvalue weighted by molar-refractivity contribution is 7.98. The fraction of sp³-hybridized carbons (Fsp3) is 0.400. The van der Waals surface area contributed by atoms with E-state index >= 15 is 0 Å². The molecule has 0 aliphatic rings. The lowest BCUT2D eigenvalue weighted by molar-refractivity contribution is 0.602. The predicted molar refractivity (Wildman–Crippen MR) is 66.4 cm³/mol. The van der Waals surface area contributed by atoms with E-state index in [0.29, 0.717) is 10.6 Å². The van der Waals surface area contributed by atoms with Gasteiger partial charge in [-0.1, -0.05) is 12.1 Å². The molecule has 15 heavy (non-hydrogen) atoms. The van der Waals surface area contributed by atoms with Crippen molar-refractivity contribution in [2.24, 2.45) is 0 Å². The lowest BCUT2D eigenvalue weighted by atomic mass is 10.3. The number of nitrogens with one attached hydrogen (secondary N) is 1. The Labute approximate surface area is 95.2 Å². The van der Waals surface area contributed by atoms with Crippen LogP contribution < -0.4 is 5.32 Å². The van der Waals surface area contributed by atoms with E-state index in [0.717, 1.165) is 12.3 Å². The third kappa shape index (κ3) is 3.76. The number of benzene rings is 1. The molecule has 1 aromatic carbocycles. The standard InChI is InChI=1S/C10H15NO2S2/c1-14-8-7-11-9-5-3-4-6-10(9)15(2,12)13/h3-6,11H,7-8H2,1-2H3. The summed E-state index contributed by atoms with van der Waals surface area (Å²) in [5.74, 6) is 0.956. The van der Waals surface area contributed by atoms with Crippen molar-refractivity contribution >= 4 is 27.3 Å². The number of sulfone groups is 1. The lowest BCUT2D eigenvalue weighted by Crippen LogP contribution is -2.08. The van der Waals surface area contributed by atoms with Crippen LogP contribution in [0.2, 0.25) is 0 Å². The predicted octanol–water partition coefficient (Wildman–Crippen LogP) is 1.86. The molecule has 0 bridgehead atoms. The maximum atomic E-state index is 11.4. The van der Waals surface area contributed by atoms with Crippen LogP contribution in [0.25, 0.3) is 0 Å². The van der Waals surface area contributed by atoms with Crippen LogP contribution >= 0.6 is 11.8 Å². The molecule has 0 heterocycles. The first-order valence-electron chi connectivity index (χ1n) is 4.57. The fourth-order valence-corrected chi connectivity index (χ4v) is 2.40. The molecule has 0 fully saturated rings. The van der Waals surface area contributed by atoms with Crippen molar-refractivity contribution in [1.29, 1.82) is 0 Å². The van der Waals surface area contributed by atoms with Crippen molar-refractivity contribution in [2.45, 2.75) is 4.90 Å². The van der Waals surface area contributed by atoms with Crippen molar-refractivity contribution in [3.8, 4) is 0 Å². The van der Waals surface area contributed by atoms with Crippen LogP contribution in [0.5, 0.6) is 0 Å². The second-order valence-corrected chi connectivity index (χ2v) is 6.16. The van der Waals surface area contributed by atoms with Crippen molar-refractivity contribution in [1.82, 2.24) is 0 Å². The largest absolute Gasteiger partial charge is 0.383 e. The topological polar surface area (TPSA) is 46.2 Å². The molecule has 84 valence electrons. The summed E-state index contributed by atoms with van der Waals surface area (Å²) in [5.41, 5.74) is 0.689. The number of anilines is 1. The highest BCUT2D eigenvalue weighted by Crippen LogP contribution is 2.20. The van der Waals surface area contributed by atoms with Gasteiger partial charge in [-0.2, -0.15) is 11.8 Å². The van der Waals surface area contributed by atoms with Gasteiger partial charge in [0.15, 0.2) is 9.84 Å². The Balaban J connectivity index is 2.88. The number of hydrogen-bond donors (Lipinski definition) is 1. The number of para-hydroxylation sites is 1. The van der Waals surface area contributed by atoms with E-state index in [1.54, 1.807) is 30.0 Å². The maximum Gasteiger partial charge on any atom is 0.177 e. The Kier molecular flexibility index (Phi) is 4.47. The quantitative estimate of drug-likeness (QED) is 0.804. The first-order valence-corrected chi connectivity index (χ1v) is 7.86. The smallest absolute Gasteiger partial charge is 0.177 e. The maximum absolute atomic E-state index is 11.4. The van der Waals surface area contributed by atoms with Crippen LogP contribution in [-0.2, 0) is 9.84 Å². The molecule has 0 saturated carbocycles. The molecule has 0 aliphatic carbocycles. The number of hydrogen-bond acceptors (Lipinski definition) is 4. The van der Waals surface area contributed by atoms with Gasteiger partial charge in [0.2, 0.25) is 0 Å². The van der Waals surface area contributed by atoms with Crippen molar-refractivity contribution in [3.63, 3.8) is 0 Å². The van der Waals surface area contributed by atoms with Crippen LogP contribution in [0.15, 0.2) is 29.2 Å². The molecule has 1 rings (SSSR count). The van der Waals surface area contributed by atoms with E-state index in [1.807, 2.05) is 12.3 Å². The summed E-state index contributed by atoms with van der Waals surface area (Å²) in [6, 6.07) is 6.97. The van der Waals surface area contributed by atoms with Crippen LogP contribution in [0.1, 0.15) is 0 Å². The highest BCUT2D eigenvalue weighted by Gasteiger charge is 2.11. The van der Waals surface area contributed by atoms with Crippen LogP contribution in [-0.4, -0.2) is 33.2 Å². The summed E-state index contributed by atoms with van der Waals surface area (Å²) in [4.78, 5) is 0.367. The van der Waals surface area contributed by atoms with Gasteiger partial charge < -0.3 is 5.32 Å². The van der Waals surface area contributed by atoms with Gasteiger partial charge in [0.1, 0.15) is 0 Å². The van der Waals surface area contributed by atoms with E-state index in [4.69, 9.17) is 0 Å². The van der Waals surface area contributed by atoms with Gasteiger partial charge in [-0.25, -0.2) is 8.42 Å². The van der Waals surface area contributed by atoms with Crippen molar-refractivity contribution < 1.29 is 8.42 Å². The zero-order chi connectivity index (χ0) is 11.3. The second-order valence-electron chi connectivity index (χ2n) is 3.19. The minimum absolute atomic E-state index is 0.367. The molecular weight excluding hydrogens is 230 g/mol. The van der Waals surface area contributed by atoms with Gasteiger partial charge in [0.05, 0.1) is 10.6 Å². The Morgan fingerprint density at radius 2 is 2.00 bits per heavy atom. The first-order chi connectivity index (χ1) is 7.05. The fourth-order valence-electron chi connectivity index (χ4n) is 1.22. The Bertz CT molecular complexity index is 415. The van der Waals surface area contributed by atoms with E-state index < -0.39 is 9.84 Å². The minimum Gasteiger partial charge on any atom is -0.383 e. The average molecular weight is 245 g/mol. The summed E-state index contributed by atoms with van der Waals surface area (Å²) < 4.78 is 22.9. The Morgan fingerprint density at radius 1 is 1.33 bits per heavy atom. The molecule has 0 unspecified atom stereocenters. The van der Waals surface area contributed by atoms with Crippen LogP contribution in [0.4, 0.5) is 5.69 Å². The third-order valence-electron chi connectivity index (χ3n) is 1.91. The van der Waals surface area contributed by atoms with Gasteiger partial charge in [-0.3, -0.25) is 0 Å². The van der Waals surface area contributed by atoms with E-state index in [-0.39, 0.29) is 0 Å². The molecule has 0 amide bonds. The molecule has 1 N–H and O–H groups in total. The van der Waals surface area contributed by atoms with Gasteiger partial charge in [-0.05, 0) is 18.4 Å². The minimum atomic E-state index is -3.14. The average Bonchev–Trinajstić information content (AvgIpc) is 2.17. The highest BCUT2D eigenvalue weighted by atomic mass is 32.2. The summed E-state index contributed by atoms with van der Waals surface area (Å²) >= 11 is 1.72. The summed E-state index contributed by atoms with van der Waals surface area (Å²) in [7, 11) is -3.14. The van der Waals surface area contributed by atoms with E-state index in [2.05, 4.69) is 5.32 Å². The van der Waals surface area contributed by atoms with Gasteiger partial charge >= 0.3 is 0 Å². The third-order valence-corrected chi connectivity index (χ3v) is 3.68. The van der Waals surface area contributed by atoms with E-state index in [9.17, 15) is 8.42 Å². The molecule has 0 spiro atoms. The van der Waals surface area contributed by atoms with Crippen molar-refractivity contribution in [3.05, 3.63) is 24.3 Å². The molecule has 0 aromatic heterocycles. The molecule has 3 nitrogen and oxygen atoms in total. The molecule has 5 heteroatoms. The van der Waals surface area contributed by atoms with Crippen LogP contribution in [0.3, 0.4) is 0 Å². The zero-order valence-electron chi connectivity index (χ0n) is 8.86. The van der Waals surface area contributed by atoms with Gasteiger partial charge in [0.25, 0.3) is 0 Å². The summed E-state index contributed by atoms with van der Waals surface area (Å²) in [6.45, 7) is 0.772. The summed E-state index contributed by atoms with van der Waals surface area (Å²) in [6.07, 6.45) is 3.24. The van der Waals surface area contributed by atoms with Crippen molar-refractivity contribution in [2.75, 3.05) is 30.1 Å². The molecule has 0 saturated heterocycles.